The molecular formula is C13H16N2OS. The molecule has 0 spiro atoms. The predicted molar refractivity (Wildman–Crippen MR) is 72.7 cm³/mol. The lowest BCUT2D eigenvalue weighted by molar-refractivity contribution is 0.411. The second-order valence-corrected chi connectivity index (χ2v) is 5.14. The van der Waals surface area contributed by atoms with Crippen molar-refractivity contribution in [3.63, 3.8) is 0 Å². The van der Waals surface area contributed by atoms with Gasteiger partial charge < -0.3 is 10.5 Å². The second-order valence-electron chi connectivity index (χ2n) is 4.11. The first-order valence-electron chi connectivity index (χ1n) is 5.41. The maximum absolute atomic E-state index is 5.85. The highest BCUT2D eigenvalue weighted by Gasteiger charge is 2.11. The molecule has 1 aromatic carbocycles. The SMILES string of the molecule is COc1cc(C)c(-c2nc(C)c(N)s2)cc1C. The molecule has 2 aromatic rings. The average Bonchev–Trinajstić information content (AvgIpc) is 2.61. The molecule has 0 saturated carbocycles. The third kappa shape index (κ3) is 2.13. The van der Waals surface area contributed by atoms with Crippen molar-refractivity contribution < 1.29 is 4.74 Å². The molecule has 0 aliphatic rings. The minimum Gasteiger partial charge on any atom is -0.496 e. The Balaban J connectivity index is 2.56. The van der Waals surface area contributed by atoms with Crippen LogP contribution in [-0.4, -0.2) is 12.1 Å². The standard InChI is InChI=1S/C13H16N2OS/c1-7-6-11(16-4)8(2)5-10(7)13-15-9(3)12(14)17-13/h5-6H,14H2,1-4H3. The van der Waals surface area contributed by atoms with E-state index in [4.69, 9.17) is 10.5 Å². The van der Waals surface area contributed by atoms with Gasteiger partial charge >= 0.3 is 0 Å². The molecule has 3 nitrogen and oxygen atoms in total. The molecule has 90 valence electrons. The number of nitrogens with two attached hydrogens (primary N) is 1. The van der Waals surface area contributed by atoms with Crippen molar-refractivity contribution in [1.82, 2.24) is 4.98 Å². The fraction of sp³-hybridized carbons (Fsp3) is 0.308. The molecule has 1 heterocycles. The van der Waals surface area contributed by atoms with Crippen LogP contribution in [0.15, 0.2) is 12.1 Å². The van der Waals surface area contributed by atoms with Crippen LogP contribution in [0.2, 0.25) is 0 Å². The van der Waals surface area contributed by atoms with Gasteiger partial charge in [0, 0.05) is 5.56 Å². The summed E-state index contributed by atoms with van der Waals surface area (Å²) in [5, 5.41) is 1.76. The summed E-state index contributed by atoms with van der Waals surface area (Å²) in [6.07, 6.45) is 0. The summed E-state index contributed by atoms with van der Waals surface area (Å²) in [5.41, 5.74) is 10.2. The average molecular weight is 248 g/mol. The third-order valence-electron chi connectivity index (χ3n) is 2.80. The topological polar surface area (TPSA) is 48.1 Å². The first-order valence-corrected chi connectivity index (χ1v) is 6.23. The van der Waals surface area contributed by atoms with Gasteiger partial charge in [0.1, 0.15) is 15.8 Å². The minimum atomic E-state index is 0.785. The number of anilines is 1. The number of benzene rings is 1. The van der Waals surface area contributed by atoms with Crippen molar-refractivity contribution in [2.24, 2.45) is 0 Å². The van der Waals surface area contributed by atoms with Crippen molar-refractivity contribution in [3.05, 3.63) is 29.0 Å². The fourth-order valence-corrected chi connectivity index (χ4v) is 2.68. The van der Waals surface area contributed by atoms with E-state index in [1.54, 1.807) is 7.11 Å². The number of nitrogens with zero attached hydrogens (tertiary/aromatic N) is 1. The Kier molecular flexibility index (Phi) is 3.07. The van der Waals surface area contributed by atoms with E-state index in [0.717, 1.165) is 38.1 Å². The maximum atomic E-state index is 5.85. The quantitative estimate of drug-likeness (QED) is 0.886. The third-order valence-corrected chi connectivity index (χ3v) is 3.82. The van der Waals surface area contributed by atoms with E-state index in [1.165, 1.54) is 11.3 Å². The lowest BCUT2D eigenvalue weighted by Crippen LogP contribution is -1.91. The highest BCUT2D eigenvalue weighted by Crippen LogP contribution is 2.34. The second kappa shape index (κ2) is 4.37. The summed E-state index contributed by atoms with van der Waals surface area (Å²) in [5.74, 6) is 0.910. The molecule has 0 aliphatic carbocycles. The number of thiazole rings is 1. The lowest BCUT2D eigenvalue weighted by atomic mass is 10.1. The summed E-state index contributed by atoms with van der Waals surface area (Å²) in [4.78, 5) is 4.49. The van der Waals surface area contributed by atoms with Crippen LogP contribution in [0, 0.1) is 20.8 Å². The van der Waals surface area contributed by atoms with Gasteiger partial charge in [-0.15, -0.1) is 0 Å². The van der Waals surface area contributed by atoms with Crippen molar-refractivity contribution >= 4 is 16.3 Å². The summed E-state index contributed by atoms with van der Waals surface area (Å²) in [6, 6.07) is 4.14. The molecule has 0 bridgehead atoms. The van der Waals surface area contributed by atoms with E-state index in [1.807, 2.05) is 19.9 Å². The van der Waals surface area contributed by atoms with Gasteiger partial charge in [0.2, 0.25) is 0 Å². The molecule has 0 aliphatic heterocycles. The van der Waals surface area contributed by atoms with Crippen molar-refractivity contribution in [1.29, 1.82) is 0 Å². The Morgan fingerprint density at radius 1 is 1.18 bits per heavy atom. The van der Waals surface area contributed by atoms with Crippen molar-refractivity contribution in [2.45, 2.75) is 20.8 Å². The number of nitrogen functional groups attached to an aromatic ring is 1. The van der Waals surface area contributed by atoms with E-state index in [0.29, 0.717) is 0 Å². The number of hydrogen-bond donors (Lipinski definition) is 1. The molecule has 0 unspecified atom stereocenters. The van der Waals surface area contributed by atoms with Gasteiger partial charge in [-0.05, 0) is 44.0 Å². The number of aromatic nitrogens is 1. The molecule has 0 amide bonds. The Hall–Kier alpha value is -1.55. The van der Waals surface area contributed by atoms with Gasteiger partial charge in [-0.1, -0.05) is 11.3 Å². The number of methoxy groups -OCH3 is 1. The van der Waals surface area contributed by atoms with Crippen LogP contribution >= 0.6 is 11.3 Å². The summed E-state index contributed by atoms with van der Waals surface area (Å²) >= 11 is 1.53. The van der Waals surface area contributed by atoms with Gasteiger partial charge in [-0.2, -0.15) is 0 Å². The molecule has 4 heteroatoms. The Bertz CT molecular complexity index is 541. The van der Waals surface area contributed by atoms with Gasteiger partial charge in [-0.3, -0.25) is 0 Å². The first kappa shape index (κ1) is 11.9. The molecule has 17 heavy (non-hydrogen) atoms. The van der Waals surface area contributed by atoms with Gasteiger partial charge in [-0.25, -0.2) is 4.98 Å². The van der Waals surface area contributed by atoms with Crippen LogP contribution in [0.3, 0.4) is 0 Å². The predicted octanol–water partition coefficient (Wildman–Crippen LogP) is 3.33. The highest BCUT2D eigenvalue weighted by molar-refractivity contribution is 7.18. The Morgan fingerprint density at radius 2 is 1.88 bits per heavy atom. The zero-order valence-corrected chi connectivity index (χ0v) is 11.3. The molecule has 0 radical (unpaired) electrons. The van der Waals surface area contributed by atoms with E-state index in [9.17, 15) is 0 Å². The fourth-order valence-electron chi connectivity index (χ4n) is 1.76. The van der Waals surface area contributed by atoms with Crippen LogP contribution in [0.1, 0.15) is 16.8 Å². The summed E-state index contributed by atoms with van der Waals surface area (Å²) in [7, 11) is 1.69. The molecule has 0 atom stereocenters. The number of hydrogen-bond acceptors (Lipinski definition) is 4. The van der Waals surface area contributed by atoms with Crippen molar-refractivity contribution in [2.75, 3.05) is 12.8 Å². The number of aryl methyl sites for hydroxylation is 3. The van der Waals surface area contributed by atoms with Crippen LogP contribution in [0.5, 0.6) is 5.75 Å². The first-order chi connectivity index (χ1) is 8.02. The Morgan fingerprint density at radius 3 is 2.41 bits per heavy atom. The molecule has 1 aromatic heterocycles. The summed E-state index contributed by atoms with van der Waals surface area (Å²) < 4.78 is 5.30. The van der Waals surface area contributed by atoms with Crippen LogP contribution < -0.4 is 10.5 Å². The smallest absolute Gasteiger partial charge is 0.125 e. The molecule has 0 saturated heterocycles. The minimum absolute atomic E-state index is 0.785. The number of ether oxygens (including phenoxy) is 1. The normalized spacial score (nSPS) is 10.6. The van der Waals surface area contributed by atoms with Crippen molar-refractivity contribution in [3.8, 4) is 16.3 Å². The highest BCUT2D eigenvalue weighted by atomic mass is 32.1. The lowest BCUT2D eigenvalue weighted by Gasteiger charge is -2.09. The molecule has 0 fully saturated rings. The Labute approximate surface area is 105 Å². The zero-order valence-electron chi connectivity index (χ0n) is 10.5. The van der Waals surface area contributed by atoms with E-state index >= 15 is 0 Å². The van der Waals surface area contributed by atoms with Crippen LogP contribution in [-0.2, 0) is 0 Å². The molecular weight excluding hydrogens is 232 g/mol. The molecule has 2 rings (SSSR count). The zero-order chi connectivity index (χ0) is 12.6. The van der Waals surface area contributed by atoms with E-state index < -0.39 is 0 Å². The molecule has 2 N–H and O–H groups in total. The van der Waals surface area contributed by atoms with Crippen LogP contribution in [0.4, 0.5) is 5.00 Å². The number of rotatable bonds is 2. The maximum Gasteiger partial charge on any atom is 0.125 e. The summed E-state index contributed by atoms with van der Waals surface area (Å²) in [6.45, 7) is 6.02. The van der Waals surface area contributed by atoms with Gasteiger partial charge in [0.25, 0.3) is 0 Å². The van der Waals surface area contributed by atoms with E-state index in [2.05, 4.69) is 18.0 Å². The van der Waals surface area contributed by atoms with Gasteiger partial charge in [0.05, 0.1) is 12.8 Å². The van der Waals surface area contributed by atoms with Gasteiger partial charge in [0.15, 0.2) is 0 Å². The monoisotopic (exact) mass is 248 g/mol. The largest absolute Gasteiger partial charge is 0.496 e. The van der Waals surface area contributed by atoms with Crippen LogP contribution in [0.25, 0.3) is 10.6 Å². The van der Waals surface area contributed by atoms with E-state index in [-0.39, 0.29) is 0 Å².